The molecule has 3 aromatic rings. The Kier molecular flexibility index (Phi) is 7.43. The van der Waals surface area contributed by atoms with Crippen molar-refractivity contribution in [1.29, 1.82) is 0 Å². The summed E-state index contributed by atoms with van der Waals surface area (Å²) in [5, 5.41) is 12.0. The van der Waals surface area contributed by atoms with Crippen molar-refractivity contribution < 1.29 is 28.2 Å². The van der Waals surface area contributed by atoms with Crippen LogP contribution in [0.2, 0.25) is 5.02 Å². The fraction of sp³-hybridized carbons (Fsp3) is 0.167. The summed E-state index contributed by atoms with van der Waals surface area (Å²) in [7, 11) is 0. The Hall–Kier alpha value is -3.45. The van der Waals surface area contributed by atoms with Gasteiger partial charge in [0.1, 0.15) is 17.4 Å². The Morgan fingerprint density at radius 1 is 1.06 bits per heavy atom. The number of ether oxygens (including phenoxy) is 1. The van der Waals surface area contributed by atoms with Crippen molar-refractivity contribution in [1.82, 2.24) is 5.32 Å². The van der Waals surface area contributed by atoms with E-state index in [9.17, 15) is 23.5 Å². The second-order valence-corrected chi connectivity index (χ2v) is 7.39. The molecule has 0 heterocycles. The molecule has 0 aromatic heterocycles. The maximum atomic E-state index is 14.7. The molecule has 0 radical (unpaired) electrons. The van der Waals surface area contributed by atoms with Crippen LogP contribution < -0.4 is 10.1 Å². The van der Waals surface area contributed by atoms with Gasteiger partial charge < -0.3 is 15.2 Å². The number of carbonyl (C=O) groups is 2. The average Bonchev–Trinajstić information content (AvgIpc) is 2.76. The summed E-state index contributed by atoms with van der Waals surface area (Å²) < 4.78 is 34.5. The molecule has 0 aliphatic carbocycles. The van der Waals surface area contributed by atoms with Crippen LogP contribution in [0, 0.1) is 11.6 Å². The molecular weight excluding hydrogens is 440 g/mol. The first-order valence-electron chi connectivity index (χ1n) is 9.83. The minimum atomic E-state index is -1.37. The molecule has 0 saturated heterocycles. The molecule has 0 spiro atoms. The highest BCUT2D eigenvalue weighted by Gasteiger charge is 2.17. The molecule has 0 aliphatic heterocycles. The topological polar surface area (TPSA) is 75.6 Å². The molecule has 5 nitrogen and oxygen atoms in total. The van der Waals surface area contributed by atoms with Crippen molar-refractivity contribution in [2.24, 2.45) is 0 Å². The number of carboxylic acid groups (broad SMARTS) is 1. The van der Waals surface area contributed by atoms with Gasteiger partial charge in [0, 0.05) is 22.7 Å². The number of nitrogens with one attached hydrogen (secondary N) is 1. The van der Waals surface area contributed by atoms with Crippen LogP contribution in [0.25, 0.3) is 11.1 Å². The molecule has 0 atom stereocenters. The van der Waals surface area contributed by atoms with Gasteiger partial charge in [-0.1, -0.05) is 36.7 Å². The van der Waals surface area contributed by atoms with Crippen molar-refractivity contribution in [3.8, 4) is 16.9 Å². The van der Waals surface area contributed by atoms with Gasteiger partial charge in [-0.2, -0.15) is 0 Å². The van der Waals surface area contributed by atoms with Crippen molar-refractivity contribution >= 4 is 23.5 Å². The van der Waals surface area contributed by atoms with E-state index in [4.69, 9.17) is 16.3 Å². The van der Waals surface area contributed by atoms with E-state index in [-0.39, 0.29) is 22.7 Å². The summed E-state index contributed by atoms with van der Waals surface area (Å²) in [6, 6.07) is 12.7. The number of carboxylic acids is 1. The molecule has 0 fully saturated rings. The maximum absolute atomic E-state index is 14.7. The van der Waals surface area contributed by atoms with Crippen LogP contribution in [0.5, 0.6) is 5.75 Å². The Morgan fingerprint density at radius 3 is 2.53 bits per heavy atom. The molecule has 0 aliphatic rings. The van der Waals surface area contributed by atoms with Gasteiger partial charge in [0.2, 0.25) is 0 Å². The van der Waals surface area contributed by atoms with Gasteiger partial charge in [0.25, 0.3) is 5.91 Å². The summed E-state index contributed by atoms with van der Waals surface area (Å²) in [5.74, 6) is -3.16. The smallest absolute Gasteiger partial charge is 0.338 e. The van der Waals surface area contributed by atoms with Gasteiger partial charge in [0.05, 0.1) is 17.7 Å². The van der Waals surface area contributed by atoms with E-state index in [2.05, 4.69) is 5.32 Å². The maximum Gasteiger partial charge on any atom is 0.338 e. The quantitative estimate of drug-likeness (QED) is 0.453. The summed E-state index contributed by atoms with van der Waals surface area (Å²) in [6.45, 7) is 2.34. The second kappa shape index (κ2) is 10.2. The van der Waals surface area contributed by atoms with Crippen molar-refractivity contribution in [3.63, 3.8) is 0 Å². The highest BCUT2D eigenvalue weighted by Crippen LogP contribution is 2.30. The highest BCUT2D eigenvalue weighted by atomic mass is 35.5. The summed E-state index contributed by atoms with van der Waals surface area (Å²) in [6.07, 6.45) is 0.749. The molecule has 1 amide bonds. The van der Waals surface area contributed by atoms with Gasteiger partial charge in [-0.15, -0.1) is 0 Å². The van der Waals surface area contributed by atoms with E-state index in [0.717, 1.165) is 12.5 Å². The Bertz CT molecular complexity index is 1170. The van der Waals surface area contributed by atoms with Crippen molar-refractivity contribution in [3.05, 3.63) is 87.9 Å². The van der Waals surface area contributed by atoms with Crippen LogP contribution in [0.15, 0.2) is 54.6 Å². The van der Waals surface area contributed by atoms with Gasteiger partial charge in [-0.05, 0) is 48.4 Å². The summed E-state index contributed by atoms with van der Waals surface area (Å²) >= 11 is 5.73. The third-order valence-corrected chi connectivity index (χ3v) is 4.91. The van der Waals surface area contributed by atoms with Gasteiger partial charge in [-0.25, -0.2) is 13.6 Å². The lowest BCUT2D eigenvalue weighted by atomic mass is 9.99. The first-order valence-corrected chi connectivity index (χ1v) is 10.2. The first kappa shape index (κ1) is 23.2. The number of halogens is 3. The number of rotatable bonds is 8. The van der Waals surface area contributed by atoms with E-state index >= 15 is 0 Å². The van der Waals surface area contributed by atoms with Gasteiger partial charge >= 0.3 is 5.97 Å². The van der Waals surface area contributed by atoms with Crippen LogP contribution in [-0.2, 0) is 6.54 Å². The standard InChI is InChI=1S/C24H20ClF2NO4/c1-2-10-32-21-9-6-14(17-4-3-5-19(22(17)27)24(30)31)11-15(21)13-28-23(29)18-8-7-16(25)12-20(18)26/h3-9,11-12H,2,10,13H2,1H3,(H,28,29)(H,30,31). The lowest BCUT2D eigenvalue weighted by Crippen LogP contribution is -2.24. The minimum Gasteiger partial charge on any atom is -0.493 e. The molecule has 3 rings (SSSR count). The molecule has 0 unspecified atom stereocenters. The molecule has 0 bridgehead atoms. The number of carbonyl (C=O) groups excluding carboxylic acids is 1. The van der Waals surface area contributed by atoms with Crippen LogP contribution >= 0.6 is 11.6 Å². The Balaban J connectivity index is 1.92. The Labute approximate surface area is 188 Å². The van der Waals surface area contributed by atoms with Crippen molar-refractivity contribution in [2.75, 3.05) is 6.61 Å². The van der Waals surface area contributed by atoms with Crippen LogP contribution in [-0.4, -0.2) is 23.6 Å². The molecule has 3 aromatic carbocycles. The predicted molar refractivity (Wildman–Crippen MR) is 117 cm³/mol. The molecule has 2 N–H and O–H groups in total. The molecular formula is C24H20ClF2NO4. The number of benzene rings is 3. The molecule has 166 valence electrons. The van der Waals surface area contributed by atoms with Crippen LogP contribution in [0.1, 0.15) is 39.6 Å². The zero-order valence-electron chi connectivity index (χ0n) is 17.1. The van der Waals surface area contributed by atoms with E-state index in [0.29, 0.717) is 23.5 Å². The molecule has 32 heavy (non-hydrogen) atoms. The lowest BCUT2D eigenvalue weighted by molar-refractivity contribution is 0.0691. The largest absolute Gasteiger partial charge is 0.493 e. The van der Waals surface area contributed by atoms with Crippen LogP contribution in [0.3, 0.4) is 0 Å². The summed E-state index contributed by atoms with van der Waals surface area (Å²) in [5.41, 5.74) is 0.432. The average molecular weight is 460 g/mol. The van der Waals surface area contributed by atoms with Crippen LogP contribution in [0.4, 0.5) is 8.78 Å². The first-order chi connectivity index (χ1) is 15.3. The van der Waals surface area contributed by atoms with Gasteiger partial charge in [0.15, 0.2) is 0 Å². The van der Waals surface area contributed by atoms with E-state index in [1.807, 2.05) is 6.92 Å². The zero-order valence-corrected chi connectivity index (χ0v) is 17.9. The third kappa shape index (κ3) is 5.23. The molecule has 8 heteroatoms. The van der Waals surface area contributed by atoms with E-state index < -0.39 is 29.1 Å². The number of amides is 1. The zero-order chi connectivity index (χ0) is 23.3. The van der Waals surface area contributed by atoms with Crippen molar-refractivity contribution in [2.45, 2.75) is 19.9 Å². The predicted octanol–water partition coefficient (Wildman–Crippen LogP) is 5.70. The fourth-order valence-corrected chi connectivity index (χ4v) is 3.26. The SMILES string of the molecule is CCCOc1ccc(-c2cccc(C(=O)O)c2F)cc1CNC(=O)c1ccc(Cl)cc1F. The number of hydrogen-bond donors (Lipinski definition) is 2. The second-order valence-electron chi connectivity index (χ2n) is 6.95. The number of hydrogen-bond acceptors (Lipinski definition) is 3. The summed E-state index contributed by atoms with van der Waals surface area (Å²) in [4.78, 5) is 23.7. The highest BCUT2D eigenvalue weighted by molar-refractivity contribution is 6.30. The van der Waals surface area contributed by atoms with Gasteiger partial charge in [-0.3, -0.25) is 4.79 Å². The Morgan fingerprint density at radius 2 is 1.84 bits per heavy atom. The fourth-order valence-electron chi connectivity index (χ4n) is 3.10. The third-order valence-electron chi connectivity index (χ3n) is 4.68. The van der Waals surface area contributed by atoms with E-state index in [1.54, 1.807) is 18.2 Å². The lowest BCUT2D eigenvalue weighted by Gasteiger charge is -2.15. The monoisotopic (exact) mass is 459 g/mol. The normalized spacial score (nSPS) is 10.6. The molecule has 0 saturated carbocycles. The minimum absolute atomic E-state index is 0.0198. The number of aromatic carboxylic acids is 1. The van der Waals surface area contributed by atoms with E-state index in [1.165, 1.54) is 30.3 Å².